The van der Waals surface area contributed by atoms with Crippen LogP contribution in [0.1, 0.15) is 43.2 Å². The summed E-state index contributed by atoms with van der Waals surface area (Å²) in [6, 6.07) is 7.02. The molecular formula is C16H19FN2O. The third kappa shape index (κ3) is 2.70. The van der Waals surface area contributed by atoms with Crippen LogP contribution in [0.25, 0.3) is 0 Å². The molecule has 3 nitrogen and oxygen atoms in total. The average Bonchev–Trinajstić information content (AvgIpc) is 2.40. The standard InChI is InChI=1S/C16H19FN2O/c17-13-5-4-11(12(6-13)10-18)7-16(20)8-14-2-1-3-15(9-16)19-14/h4-6,14-15,19-20H,1-3,7-9H2. The average molecular weight is 274 g/mol. The Bertz CT molecular complexity index is 540. The van der Waals surface area contributed by atoms with E-state index in [0.29, 0.717) is 36.9 Å². The van der Waals surface area contributed by atoms with Crippen molar-refractivity contribution in [2.75, 3.05) is 0 Å². The number of halogens is 1. The van der Waals surface area contributed by atoms with Crippen LogP contribution in [0.2, 0.25) is 0 Å². The fraction of sp³-hybridized carbons (Fsp3) is 0.562. The van der Waals surface area contributed by atoms with Gasteiger partial charge in [-0.25, -0.2) is 4.39 Å². The second kappa shape index (κ2) is 5.16. The molecule has 3 rings (SSSR count). The summed E-state index contributed by atoms with van der Waals surface area (Å²) in [6.07, 6.45) is 5.29. The van der Waals surface area contributed by atoms with E-state index in [0.717, 1.165) is 18.4 Å². The van der Waals surface area contributed by atoms with Gasteiger partial charge in [0.05, 0.1) is 17.2 Å². The minimum atomic E-state index is -0.773. The predicted molar refractivity (Wildman–Crippen MR) is 73.6 cm³/mol. The van der Waals surface area contributed by atoms with E-state index in [4.69, 9.17) is 5.26 Å². The van der Waals surface area contributed by atoms with E-state index in [2.05, 4.69) is 5.32 Å². The Morgan fingerprint density at radius 2 is 2.05 bits per heavy atom. The SMILES string of the molecule is N#Cc1cc(F)ccc1CC1(O)CC2CCCC(C1)N2. The van der Waals surface area contributed by atoms with E-state index in [9.17, 15) is 9.50 Å². The molecule has 0 aliphatic carbocycles. The maximum Gasteiger partial charge on any atom is 0.124 e. The minimum Gasteiger partial charge on any atom is -0.389 e. The van der Waals surface area contributed by atoms with Crippen molar-refractivity contribution in [2.24, 2.45) is 0 Å². The molecule has 2 atom stereocenters. The molecule has 4 heteroatoms. The maximum atomic E-state index is 13.2. The normalized spacial score (nSPS) is 32.6. The van der Waals surface area contributed by atoms with Gasteiger partial charge in [0.1, 0.15) is 5.82 Å². The van der Waals surface area contributed by atoms with Crippen molar-refractivity contribution in [1.82, 2.24) is 5.32 Å². The summed E-state index contributed by atoms with van der Waals surface area (Å²) in [7, 11) is 0. The Kier molecular flexibility index (Phi) is 3.49. The van der Waals surface area contributed by atoms with Gasteiger partial charge in [0, 0.05) is 18.5 Å². The van der Waals surface area contributed by atoms with Gasteiger partial charge in [-0.05, 0) is 43.4 Å². The molecule has 1 aromatic carbocycles. The molecule has 106 valence electrons. The van der Waals surface area contributed by atoms with E-state index in [1.54, 1.807) is 6.07 Å². The van der Waals surface area contributed by atoms with E-state index < -0.39 is 11.4 Å². The summed E-state index contributed by atoms with van der Waals surface area (Å²) in [6.45, 7) is 0. The molecule has 0 spiro atoms. The summed E-state index contributed by atoms with van der Waals surface area (Å²) < 4.78 is 13.2. The Hall–Kier alpha value is -1.44. The first kappa shape index (κ1) is 13.5. The number of piperidine rings is 2. The van der Waals surface area contributed by atoms with Gasteiger partial charge in [-0.2, -0.15) is 5.26 Å². The highest BCUT2D eigenvalue weighted by Gasteiger charge is 2.40. The second-order valence-corrected chi connectivity index (χ2v) is 6.21. The molecule has 2 bridgehead atoms. The first-order valence-corrected chi connectivity index (χ1v) is 7.25. The van der Waals surface area contributed by atoms with Gasteiger partial charge in [-0.15, -0.1) is 0 Å². The Morgan fingerprint density at radius 3 is 2.70 bits per heavy atom. The summed E-state index contributed by atoms with van der Waals surface area (Å²) in [5, 5.41) is 23.5. The highest BCUT2D eigenvalue weighted by molar-refractivity contribution is 5.39. The molecule has 2 aliphatic heterocycles. The minimum absolute atomic E-state index is 0.335. The number of nitrogens with zero attached hydrogens (tertiary/aromatic N) is 1. The van der Waals surface area contributed by atoms with Gasteiger partial charge in [0.25, 0.3) is 0 Å². The van der Waals surface area contributed by atoms with Crippen molar-refractivity contribution in [3.8, 4) is 6.07 Å². The number of aliphatic hydroxyl groups is 1. The second-order valence-electron chi connectivity index (χ2n) is 6.21. The summed E-state index contributed by atoms with van der Waals surface area (Å²) in [4.78, 5) is 0. The number of hydrogen-bond acceptors (Lipinski definition) is 3. The molecule has 2 N–H and O–H groups in total. The zero-order valence-electron chi connectivity index (χ0n) is 11.4. The van der Waals surface area contributed by atoms with E-state index in [1.807, 2.05) is 6.07 Å². The van der Waals surface area contributed by atoms with Crippen LogP contribution in [0.5, 0.6) is 0 Å². The summed E-state index contributed by atoms with van der Waals surface area (Å²) in [5.74, 6) is -0.403. The highest BCUT2D eigenvalue weighted by atomic mass is 19.1. The Balaban J connectivity index is 1.82. The van der Waals surface area contributed by atoms with Crippen LogP contribution in [0.3, 0.4) is 0 Å². The first-order chi connectivity index (χ1) is 9.58. The molecule has 0 saturated carbocycles. The van der Waals surface area contributed by atoms with Gasteiger partial charge >= 0.3 is 0 Å². The van der Waals surface area contributed by atoms with Crippen LogP contribution in [0.15, 0.2) is 18.2 Å². The van der Waals surface area contributed by atoms with Gasteiger partial charge in [-0.3, -0.25) is 0 Å². The van der Waals surface area contributed by atoms with Crippen molar-refractivity contribution in [1.29, 1.82) is 5.26 Å². The van der Waals surface area contributed by atoms with Crippen molar-refractivity contribution >= 4 is 0 Å². The molecule has 0 amide bonds. The fourth-order valence-electron chi connectivity index (χ4n) is 3.74. The van der Waals surface area contributed by atoms with Crippen molar-refractivity contribution < 1.29 is 9.50 Å². The van der Waals surface area contributed by atoms with Crippen molar-refractivity contribution in [3.05, 3.63) is 35.1 Å². The lowest BCUT2D eigenvalue weighted by Gasteiger charge is -2.45. The summed E-state index contributed by atoms with van der Waals surface area (Å²) in [5.41, 5.74) is 0.309. The van der Waals surface area contributed by atoms with Crippen LogP contribution in [0.4, 0.5) is 4.39 Å². The Morgan fingerprint density at radius 1 is 1.35 bits per heavy atom. The van der Waals surface area contributed by atoms with Crippen molar-refractivity contribution in [3.63, 3.8) is 0 Å². The van der Waals surface area contributed by atoms with Crippen LogP contribution in [-0.4, -0.2) is 22.8 Å². The third-order valence-corrected chi connectivity index (χ3v) is 4.54. The lowest BCUT2D eigenvalue weighted by Crippen LogP contribution is -2.56. The maximum absolute atomic E-state index is 13.2. The van der Waals surface area contributed by atoms with Gasteiger partial charge in [0.15, 0.2) is 0 Å². The number of nitrogens with one attached hydrogen (secondary N) is 1. The van der Waals surface area contributed by atoms with Crippen molar-refractivity contribution in [2.45, 2.75) is 56.2 Å². The number of nitriles is 1. The van der Waals surface area contributed by atoms with E-state index in [-0.39, 0.29) is 0 Å². The molecule has 2 heterocycles. The molecule has 2 fully saturated rings. The molecule has 2 aliphatic rings. The Labute approximate surface area is 118 Å². The van der Waals surface area contributed by atoms with Crippen LogP contribution in [0, 0.1) is 17.1 Å². The number of hydrogen-bond donors (Lipinski definition) is 2. The van der Waals surface area contributed by atoms with Crippen LogP contribution in [-0.2, 0) is 6.42 Å². The van der Waals surface area contributed by atoms with Crippen LogP contribution < -0.4 is 5.32 Å². The zero-order chi connectivity index (χ0) is 14.2. The number of rotatable bonds is 2. The topological polar surface area (TPSA) is 56.0 Å². The fourth-order valence-corrected chi connectivity index (χ4v) is 3.74. The van der Waals surface area contributed by atoms with Gasteiger partial charge in [-0.1, -0.05) is 12.5 Å². The quantitative estimate of drug-likeness (QED) is 0.870. The van der Waals surface area contributed by atoms with E-state index >= 15 is 0 Å². The van der Waals surface area contributed by atoms with Crippen LogP contribution >= 0.6 is 0 Å². The third-order valence-electron chi connectivity index (χ3n) is 4.54. The smallest absolute Gasteiger partial charge is 0.124 e. The van der Waals surface area contributed by atoms with Gasteiger partial charge < -0.3 is 10.4 Å². The lowest BCUT2D eigenvalue weighted by molar-refractivity contribution is -0.0303. The molecule has 20 heavy (non-hydrogen) atoms. The molecule has 2 saturated heterocycles. The molecule has 0 radical (unpaired) electrons. The number of benzene rings is 1. The largest absolute Gasteiger partial charge is 0.389 e. The number of fused-ring (bicyclic) bond motifs is 2. The molecule has 2 unspecified atom stereocenters. The monoisotopic (exact) mass is 274 g/mol. The molecule has 1 aromatic rings. The summed E-state index contributed by atoms with van der Waals surface area (Å²) >= 11 is 0. The molecule has 0 aromatic heterocycles. The molecular weight excluding hydrogens is 255 g/mol. The highest BCUT2D eigenvalue weighted by Crippen LogP contribution is 2.35. The predicted octanol–water partition coefficient (Wildman–Crippen LogP) is 2.28. The first-order valence-electron chi connectivity index (χ1n) is 7.25. The zero-order valence-corrected chi connectivity index (χ0v) is 11.4. The van der Waals surface area contributed by atoms with Gasteiger partial charge in [0.2, 0.25) is 0 Å². The lowest BCUT2D eigenvalue weighted by atomic mass is 9.74. The van der Waals surface area contributed by atoms with E-state index in [1.165, 1.54) is 18.6 Å².